The summed E-state index contributed by atoms with van der Waals surface area (Å²) >= 11 is 0. The summed E-state index contributed by atoms with van der Waals surface area (Å²) in [5, 5.41) is 6.18. The van der Waals surface area contributed by atoms with Crippen molar-refractivity contribution in [3.8, 4) is 0 Å². The van der Waals surface area contributed by atoms with E-state index in [1.54, 1.807) is 12.3 Å². The number of amides is 1. The number of nitrogens with zero attached hydrogens (tertiary/aromatic N) is 1. The predicted octanol–water partition coefficient (Wildman–Crippen LogP) is 2.82. The summed E-state index contributed by atoms with van der Waals surface area (Å²) in [6.45, 7) is 9.03. The van der Waals surface area contributed by atoms with Gasteiger partial charge in [-0.15, -0.1) is 0 Å². The molecule has 100 valence electrons. The van der Waals surface area contributed by atoms with E-state index in [-0.39, 0.29) is 11.4 Å². The van der Waals surface area contributed by atoms with Crippen LogP contribution in [0.25, 0.3) is 0 Å². The first kappa shape index (κ1) is 14.5. The van der Waals surface area contributed by atoms with Gasteiger partial charge in [0, 0.05) is 24.0 Å². The summed E-state index contributed by atoms with van der Waals surface area (Å²) in [5.74, 6) is -0.110. The largest absolute Gasteiger partial charge is 0.380 e. The average Bonchev–Trinajstić information content (AvgIpc) is 2.27. The Labute approximate surface area is 109 Å². The number of nitrogens with one attached hydrogen (secondary N) is 2. The van der Waals surface area contributed by atoms with Crippen molar-refractivity contribution in [3.05, 3.63) is 24.0 Å². The van der Waals surface area contributed by atoms with Crippen molar-refractivity contribution in [2.45, 2.75) is 46.1 Å². The normalized spacial score (nSPS) is 11.1. The number of rotatable bonds is 5. The van der Waals surface area contributed by atoms with Crippen LogP contribution in [0.4, 0.5) is 5.69 Å². The number of carbonyl (C=O) groups is 1. The van der Waals surface area contributed by atoms with E-state index in [2.05, 4.69) is 43.3 Å². The SMILES string of the molecule is CCCCNC(=O)c1cc(NC(C)(C)C)ccn1. The van der Waals surface area contributed by atoms with Gasteiger partial charge < -0.3 is 10.6 Å². The first-order valence-electron chi connectivity index (χ1n) is 6.45. The molecule has 0 bridgehead atoms. The Kier molecular flexibility index (Phi) is 5.13. The minimum atomic E-state index is -0.110. The first-order valence-corrected chi connectivity index (χ1v) is 6.45. The molecule has 1 rings (SSSR count). The van der Waals surface area contributed by atoms with Crippen molar-refractivity contribution >= 4 is 11.6 Å². The minimum absolute atomic E-state index is 0.0304. The van der Waals surface area contributed by atoms with Crippen molar-refractivity contribution in [1.82, 2.24) is 10.3 Å². The molecule has 0 unspecified atom stereocenters. The third-order valence-electron chi connectivity index (χ3n) is 2.33. The Morgan fingerprint density at radius 3 is 2.72 bits per heavy atom. The van der Waals surface area contributed by atoms with Gasteiger partial charge in [0.25, 0.3) is 5.91 Å². The predicted molar refractivity (Wildman–Crippen MR) is 74.9 cm³/mol. The van der Waals surface area contributed by atoms with Crippen LogP contribution in [0.5, 0.6) is 0 Å². The molecule has 1 heterocycles. The number of aromatic nitrogens is 1. The molecule has 0 saturated heterocycles. The highest BCUT2D eigenvalue weighted by Gasteiger charge is 2.11. The molecule has 4 nitrogen and oxygen atoms in total. The van der Waals surface area contributed by atoms with Crippen molar-refractivity contribution < 1.29 is 4.79 Å². The molecule has 0 aliphatic carbocycles. The van der Waals surface area contributed by atoms with Crippen molar-refractivity contribution in [2.24, 2.45) is 0 Å². The number of anilines is 1. The van der Waals surface area contributed by atoms with E-state index in [1.807, 2.05) is 6.07 Å². The quantitative estimate of drug-likeness (QED) is 0.789. The monoisotopic (exact) mass is 249 g/mol. The van der Waals surface area contributed by atoms with Gasteiger partial charge >= 0.3 is 0 Å². The van der Waals surface area contributed by atoms with E-state index in [0.717, 1.165) is 18.5 Å². The Morgan fingerprint density at radius 1 is 1.39 bits per heavy atom. The fourth-order valence-electron chi connectivity index (χ4n) is 1.53. The van der Waals surface area contributed by atoms with Crippen LogP contribution in [0.15, 0.2) is 18.3 Å². The summed E-state index contributed by atoms with van der Waals surface area (Å²) in [7, 11) is 0. The van der Waals surface area contributed by atoms with E-state index in [9.17, 15) is 4.79 Å². The smallest absolute Gasteiger partial charge is 0.269 e. The molecule has 4 heteroatoms. The second kappa shape index (κ2) is 6.38. The van der Waals surface area contributed by atoms with Crippen LogP contribution in [-0.4, -0.2) is 23.0 Å². The van der Waals surface area contributed by atoms with Gasteiger partial charge in [-0.2, -0.15) is 0 Å². The topological polar surface area (TPSA) is 54.0 Å². The summed E-state index contributed by atoms with van der Waals surface area (Å²) < 4.78 is 0. The highest BCUT2D eigenvalue weighted by atomic mass is 16.1. The highest BCUT2D eigenvalue weighted by Crippen LogP contribution is 2.14. The zero-order valence-electron chi connectivity index (χ0n) is 11.7. The minimum Gasteiger partial charge on any atom is -0.380 e. The number of carbonyl (C=O) groups excluding carboxylic acids is 1. The maximum Gasteiger partial charge on any atom is 0.269 e. The first-order chi connectivity index (χ1) is 8.42. The zero-order chi connectivity index (χ0) is 13.6. The fraction of sp³-hybridized carbons (Fsp3) is 0.571. The van der Waals surface area contributed by atoms with Crippen molar-refractivity contribution in [1.29, 1.82) is 0 Å². The van der Waals surface area contributed by atoms with Crippen LogP contribution in [0, 0.1) is 0 Å². The maximum atomic E-state index is 11.8. The van der Waals surface area contributed by atoms with Crippen LogP contribution < -0.4 is 10.6 Å². The molecule has 1 aromatic rings. The van der Waals surface area contributed by atoms with Gasteiger partial charge in [0.2, 0.25) is 0 Å². The number of unbranched alkanes of at least 4 members (excludes halogenated alkanes) is 1. The molecule has 2 N–H and O–H groups in total. The van der Waals surface area contributed by atoms with Crippen LogP contribution in [0.2, 0.25) is 0 Å². The molecule has 0 atom stereocenters. The molecular weight excluding hydrogens is 226 g/mol. The lowest BCUT2D eigenvalue weighted by Gasteiger charge is -2.22. The third kappa shape index (κ3) is 5.17. The Morgan fingerprint density at radius 2 is 2.11 bits per heavy atom. The van der Waals surface area contributed by atoms with Gasteiger partial charge in [-0.05, 0) is 39.3 Å². The zero-order valence-corrected chi connectivity index (χ0v) is 11.7. The van der Waals surface area contributed by atoms with Crippen molar-refractivity contribution in [3.63, 3.8) is 0 Å². The Balaban J connectivity index is 2.66. The molecule has 0 fully saturated rings. The summed E-state index contributed by atoms with van der Waals surface area (Å²) in [6.07, 6.45) is 3.72. The van der Waals surface area contributed by atoms with Crippen molar-refractivity contribution in [2.75, 3.05) is 11.9 Å². The molecule has 1 amide bonds. The number of pyridine rings is 1. The van der Waals surface area contributed by atoms with Gasteiger partial charge in [0.05, 0.1) is 0 Å². The van der Waals surface area contributed by atoms with Gasteiger partial charge in [-0.3, -0.25) is 9.78 Å². The molecule has 1 aromatic heterocycles. The van der Waals surface area contributed by atoms with Gasteiger partial charge in [0.15, 0.2) is 0 Å². The third-order valence-corrected chi connectivity index (χ3v) is 2.33. The van der Waals surface area contributed by atoms with Gasteiger partial charge in [0.1, 0.15) is 5.69 Å². The van der Waals surface area contributed by atoms with E-state index < -0.39 is 0 Å². The lowest BCUT2D eigenvalue weighted by atomic mass is 10.1. The average molecular weight is 249 g/mol. The van der Waals surface area contributed by atoms with E-state index in [4.69, 9.17) is 0 Å². The van der Waals surface area contributed by atoms with Gasteiger partial charge in [-0.25, -0.2) is 0 Å². The summed E-state index contributed by atoms with van der Waals surface area (Å²) in [4.78, 5) is 15.9. The van der Waals surface area contributed by atoms with Crippen LogP contribution in [0.3, 0.4) is 0 Å². The highest BCUT2D eigenvalue weighted by molar-refractivity contribution is 5.93. The molecule has 0 aromatic carbocycles. The molecule has 0 saturated carbocycles. The molecule has 0 aliphatic heterocycles. The van der Waals surface area contributed by atoms with Crippen LogP contribution in [0.1, 0.15) is 51.0 Å². The van der Waals surface area contributed by atoms with E-state index in [0.29, 0.717) is 12.2 Å². The number of hydrogen-bond acceptors (Lipinski definition) is 3. The lowest BCUT2D eigenvalue weighted by Crippen LogP contribution is -2.27. The molecule has 18 heavy (non-hydrogen) atoms. The Hall–Kier alpha value is -1.58. The summed E-state index contributed by atoms with van der Waals surface area (Å²) in [6, 6.07) is 3.65. The maximum absolute atomic E-state index is 11.8. The molecule has 0 aliphatic rings. The second-order valence-electron chi connectivity index (χ2n) is 5.41. The van der Waals surface area contributed by atoms with E-state index in [1.165, 1.54) is 0 Å². The molecule has 0 spiro atoms. The standard InChI is InChI=1S/C14H23N3O/c1-5-6-8-16-13(18)12-10-11(7-9-15-12)17-14(2,3)4/h7,9-10H,5-6,8H2,1-4H3,(H,15,17)(H,16,18). The number of hydrogen-bond donors (Lipinski definition) is 2. The van der Waals surface area contributed by atoms with E-state index >= 15 is 0 Å². The summed E-state index contributed by atoms with van der Waals surface area (Å²) in [5.41, 5.74) is 1.34. The second-order valence-corrected chi connectivity index (χ2v) is 5.41. The van der Waals surface area contributed by atoms with Gasteiger partial charge in [-0.1, -0.05) is 13.3 Å². The fourth-order valence-corrected chi connectivity index (χ4v) is 1.53. The van der Waals surface area contributed by atoms with Crippen LogP contribution >= 0.6 is 0 Å². The molecular formula is C14H23N3O. The lowest BCUT2D eigenvalue weighted by molar-refractivity contribution is 0.0948. The molecule has 0 radical (unpaired) electrons. The van der Waals surface area contributed by atoms with Crippen LogP contribution in [-0.2, 0) is 0 Å². The Bertz CT molecular complexity index is 396.